The van der Waals surface area contributed by atoms with E-state index in [4.69, 9.17) is 0 Å². The number of carbonyl (C=O) groups excluding carboxylic acids is 1. The average Bonchev–Trinajstić information content (AvgIpc) is 2.39. The third kappa shape index (κ3) is 2.79. The molecule has 0 heterocycles. The number of carbonyl (C=O) groups is 1. The molecule has 1 amide bonds. The molecule has 0 aliphatic rings. The molecule has 104 valence electrons. The van der Waals surface area contributed by atoms with Crippen LogP contribution in [0, 0.1) is 30.2 Å². The predicted octanol–water partition coefficient (Wildman–Crippen LogP) is 3.80. The van der Waals surface area contributed by atoms with Crippen molar-refractivity contribution in [2.24, 2.45) is 0 Å². The Morgan fingerprint density at radius 2 is 1.55 bits per heavy atom. The molecule has 0 aromatic heterocycles. The summed E-state index contributed by atoms with van der Waals surface area (Å²) in [6.45, 7) is 1.50. The van der Waals surface area contributed by atoms with Gasteiger partial charge in [-0.3, -0.25) is 4.79 Å². The van der Waals surface area contributed by atoms with E-state index < -0.39 is 29.2 Å². The molecule has 0 aliphatic carbocycles. The lowest BCUT2D eigenvalue weighted by molar-refractivity contribution is 0.102. The third-order valence-corrected chi connectivity index (χ3v) is 2.66. The molecule has 20 heavy (non-hydrogen) atoms. The first-order valence-electron chi connectivity index (χ1n) is 5.60. The lowest BCUT2D eigenvalue weighted by Crippen LogP contribution is -2.13. The van der Waals surface area contributed by atoms with Crippen LogP contribution in [0.3, 0.4) is 0 Å². The van der Waals surface area contributed by atoms with Gasteiger partial charge in [-0.15, -0.1) is 0 Å². The minimum atomic E-state index is -1.64. The van der Waals surface area contributed by atoms with Crippen molar-refractivity contribution in [3.63, 3.8) is 0 Å². The van der Waals surface area contributed by atoms with Crippen molar-refractivity contribution in [1.29, 1.82) is 0 Å². The van der Waals surface area contributed by atoms with Crippen molar-refractivity contribution in [2.75, 3.05) is 5.32 Å². The van der Waals surface area contributed by atoms with E-state index >= 15 is 0 Å². The van der Waals surface area contributed by atoms with Crippen molar-refractivity contribution in [3.05, 3.63) is 64.7 Å². The number of rotatable bonds is 2. The molecule has 6 heteroatoms. The van der Waals surface area contributed by atoms with Gasteiger partial charge < -0.3 is 5.32 Å². The number of benzene rings is 2. The van der Waals surface area contributed by atoms with Gasteiger partial charge in [-0.05, 0) is 42.8 Å². The van der Waals surface area contributed by atoms with Crippen molar-refractivity contribution >= 4 is 11.6 Å². The second-order valence-corrected chi connectivity index (χ2v) is 4.17. The van der Waals surface area contributed by atoms with Crippen LogP contribution in [0.15, 0.2) is 30.3 Å². The van der Waals surface area contributed by atoms with Crippen molar-refractivity contribution in [3.8, 4) is 0 Å². The van der Waals surface area contributed by atoms with Crippen LogP contribution in [0.4, 0.5) is 23.2 Å². The maximum atomic E-state index is 13.1. The van der Waals surface area contributed by atoms with Gasteiger partial charge in [0, 0.05) is 11.3 Å². The molecular weight excluding hydrogens is 274 g/mol. The third-order valence-electron chi connectivity index (χ3n) is 2.66. The monoisotopic (exact) mass is 283 g/mol. The number of hydrogen-bond acceptors (Lipinski definition) is 1. The Kier molecular flexibility index (Phi) is 3.74. The summed E-state index contributed by atoms with van der Waals surface area (Å²) in [7, 11) is 0. The molecule has 0 radical (unpaired) electrons. The number of aryl methyl sites for hydroxylation is 1. The molecule has 0 saturated carbocycles. The van der Waals surface area contributed by atoms with E-state index in [1.165, 1.54) is 19.1 Å². The van der Waals surface area contributed by atoms with Gasteiger partial charge in [0.05, 0.1) is 0 Å². The van der Waals surface area contributed by atoms with Crippen molar-refractivity contribution in [2.45, 2.75) is 6.92 Å². The fraction of sp³-hybridized carbons (Fsp3) is 0.0714. The van der Waals surface area contributed by atoms with E-state index in [-0.39, 0.29) is 11.3 Å². The van der Waals surface area contributed by atoms with E-state index in [0.29, 0.717) is 17.7 Å². The Morgan fingerprint density at radius 1 is 0.950 bits per heavy atom. The summed E-state index contributed by atoms with van der Waals surface area (Å²) in [5.41, 5.74) is 0.196. The van der Waals surface area contributed by atoms with Crippen LogP contribution in [-0.4, -0.2) is 5.91 Å². The molecule has 0 saturated heterocycles. The molecule has 0 aliphatic heterocycles. The number of hydrogen-bond donors (Lipinski definition) is 1. The second kappa shape index (κ2) is 5.32. The zero-order chi connectivity index (χ0) is 14.9. The normalized spacial score (nSPS) is 10.4. The highest BCUT2D eigenvalue weighted by molar-refractivity contribution is 6.04. The zero-order valence-electron chi connectivity index (χ0n) is 10.3. The summed E-state index contributed by atoms with van der Waals surface area (Å²) in [5, 5.41) is 2.34. The summed E-state index contributed by atoms with van der Waals surface area (Å²) < 4.78 is 51.9. The fourth-order valence-corrected chi connectivity index (χ4v) is 1.61. The highest BCUT2D eigenvalue weighted by Gasteiger charge is 2.15. The Labute approximate surface area is 112 Å². The van der Waals surface area contributed by atoms with Gasteiger partial charge in [-0.25, -0.2) is 17.6 Å². The zero-order valence-corrected chi connectivity index (χ0v) is 10.3. The molecule has 0 bridgehead atoms. The summed E-state index contributed by atoms with van der Waals surface area (Å²) in [4.78, 5) is 11.8. The lowest BCUT2D eigenvalue weighted by Gasteiger charge is -2.07. The highest BCUT2D eigenvalue weighted by atomic mass is 19.2. The number of amides is 1. The Hall–Kier alpha value is -2.37. The van der Waals surface area contributed by atoms with Gasteiger partial charge in [0.15, 0.2) is 17.5 Å². The predicted molar refractivity (Wildman–Crippen MR) is 65.4 cm³/mol. The quantitative estimate of drug-likeness (QED) is 0.659. The maximum absolute atomic E-state index is 13.1. The smallest absolute Gasteiger partial charge is 0.255 e. The van der Waals surface area contributed by atoms with Crippen molar-refractivity contribution < 1.29 is 22.4 Å². The molecule has 2 nitrogen and oxygen atoms in total. The Bertz CT molecular complexity index is 662. The molecule has 0 atom stereocenters. The summed E-state index contributed by atoms with van der Waals surface area (Å²) in [6, 6.07) is 4.99. The lowest BCUT2D eigenvalue weighted by atomic mass is 10.1. The Morgan fingerprint density at radius 3 is 2.10 bits per heavy atom. The molecule has 1 N–H and O–H groups in total. The van der Waals surface area contributed by atoms with Crippen LogP contribution in [0.25, 0.3) is 0 Å². The Balaban J connectivity index is 2.26. The van der Waals surface area contributed by atoms with Crippen LogP contribution < -0.4 is 5.32 Å². The summed E-state index contributed by atoms with van der Waals surface area (Å²) in [5.74, 6) is -5.81. The van der Waals surface area contributed by atoms with Gasteiger partial charge in [0.2, 0.25) is 0 Å². The maximum Gasteiger partial charge on any atom is 0.255 e. The van der Waals surface area contributed by atoms with E-state index in [2.05, 4.69) is 5.32 Å². The van der Waals surface area contributed by atoms with Crippen LogP contribution in [0.2, 0.25) is 0 Å². The van der Waals surface area contributed by atoms with Crippen molar-refractivity contribution in [1.82, 2.24) is 0 Å². The highest BCUT2D eigenvalue weighted by Crippen LogP contribution is 2.17. The summed E-state index contributed by atoms with van der Waals surface area (Å²) >= 11 is 0. The number of anilines is 1. The van der Waals surface area contributed by atoms with Gasteiger partial charge in [-0.2, -0.15) is 0 Å². The molecule has 0 unspecified atom stereocenters. The minimum Gasteiger partial charge on any atom is -0.322 e. The topological polar surface area (TPSA) is 29.1 Å². The van der Waals surface area contributed by atoms with E-state index in [1.807, 2.05) is 0 Å². The average molecular weight is 283 g/mol. The number of halogens is 4. The van der Waals surface area contributed by atoms with Crippen LogP contribution in [-0.2, 0) is 0 Å². The van der Waals surface area contributed by atoms with Gasteiger partial charge in [-0.1, -0.05) is 0 Å². The standard InChI is InChI=1S/C14H9F4NO/c1-7-4-9(2-3-10(7)15)19-14(20)8-5-11(16)13(18)12(17)6-8/h2-6H,1H3,(H,19,20). The number of nitrogens with one attached hydrogen (secondary N) is 1. The first-order valence-corrected chi connectivity index (χ1v) is 5.60. The summed E-state index contributed by atoms with van der Waals surface area (Å²) in [6.07, 6.45) is 0. The first kappa shape index (κ1) is 14.0. The molecule has 0 spiro atoms. The molecule has 2 aromatic carbocycles. The van der Waals surface area contributed by atoms with E-state index in [1.54, 1.807) is 0 Å². The van der Waals surface area contributed by atoms with Gasteiger partial charge in [0.1, 0.15) is 5.82 Å². The van der Waals surface area contributed by atoms with Crippen LogP contribution in [0.5, 0.6) is 0 Å². The van der Waals surface area contributed by atoms with Gasteiger partial charge >= 0.3 is 0 Å². The van der Waals surface area contributed by atoms with Crippen LogP contribution >= 0.6 is 0 Å². The molecule has 2 rings (SSSR count). The van der Waals surface area contributed by atoms with E-state index in [9.17, 15) is 22.4 Å². The molecule has 0 fully saturated rings. The molecular formula is C14H9F4NO. The van der Waals surface area contributed by atoms with E-state index in [0.717, 1.165) is 6.07 Å². The minimum absolute atomic E-state index is 0.263. The largest absolute Gasteiger partial charge is 0.322 e. The fourth-order valence-electron chi connectivity index (χ4n) is 1.61. The van der Waals surface area contributed by atoms with Gasteiger partial charge in [0.25, 0.3) is 5.91 Å². The molecule has 2 aromatic rings. The first-order chi connectivity index (χ1) is 9.38. The SMILES string of the molecule is Cc1cc(NC(=O)c2cc(F)c(F)c(F)c2)ccc1F. The van der Waals surface area contributed by atoms with Crippen LogP contribution in [0.1, 0.15) is 15.9 Å². The second-order valence-electron chi connectivity index (χ2n) is 4.17.